The molecule has 3 aromatic rings. The molecule has 0 saturated heterocycles. The van der Waals surface area contributed by atoms with Crippen molar-refractivity contribution >= 4 is 16.8 Å². The molecule has 2 aromatic carbocycles. The van der Waals surface area contributed by atoms with Gasteiger partial charge in [0.2, 0.25) is 0 Å². The van der Waals surface area contributed by atoms with Gasteiger partial charge in [0.15, 0.2) is 0 Å². The van der Waals surface area contributed by atoms with Gasteiger partial charge in [-0.2, -0.15) is 0 Å². The first-order valence-electron chi connectivity index (χ1n) is 7.87. The van der Waals surface area contributed by atoms with E-state index in [2.05, 4.69) is 4.98 Å². The second-order valence-corrected chi connectivity index (χ2v) is 5.75. The zero-order valence-corrected chi connectivity index (χ0v) is 14.1. The molecule has 0 aliphatic carbocycles. The lowest BCUT2D eigenvalue weighted by Gasteiger charge is -2.25. The number of nitrogens with zero attached hydrogens (tertiary/aromatic N) is 2. The van der Waals surface area contributed by atoms with E-state index in [4.69, 9.17) is 4.74 Å². The number of rotatable bonds is 4. The van der Waals surface area contributed by atoms with Gasteiger partial charge in [-0.05, 0) is 36.8 Å². The molecular weight excluding hydrogens is 300 g/mol. The predicted octanol–water partition coefficient (Wildman–Crippen LogP) is 4.08. The molecule has 0 spiro atoms. The minimum Gasteiger partial charge on any atom is -0.497 e. The van der Waals surface area contributed by atoms with Crippen molar-refractivity contribution in [1.82, 2.24) is 9.88 Å². The van der Waals surface area contributed by atoms with Gasteiger partial charge in [-0.1, -0.05) is 36.4 Å². The van der Waals surface area contributed by atoms with E-state index in [1.165, 1.54) is 0 Å². The number of aromatic nitrogens is 1. The minimum absolute atomic E-state index is 0.0586. The van der Waals surface area contributed by atoms with Gasteiger partial charge < -0.3 is 9.64 Å². The summed E-state index contributed by atoms with van der Waals surface area (Å²) in [4.78, 5) is 19.0. The molecule has 0 radical (unpaired) electrons. The lowest BCUT2D eigenvalue weighted by atomic mass is 10.1. The molecule has 4 heteroatoms. The molecule has 0 bridgehead atoms. The van der Waals surface area contributed by atoms with Gasteiger partial charge in [0.25, 0.3) is 5.91 Å². The average molecular weight is 320 g/mol. The Labute approximate surface area is 141 Å². The van der Waals surface area contributed by atoms with E-state index in [1.807, 2.05) is 61.5 Å². The van der Waals surface area contributed by atoms with Crippen molar-refractivity contribution in [2.45, 2.75) is 13.0 Å². The largest absolute Gasteiger partial charge is 0.497 e. The molecule has 1 aromatic heterocycles. The van der Waals surface area contributed by atoms with Crippen LogP contribution in [0.2, 0.25) is 0 Å². The summed E-state index contributed by atoms with van der Waals surface area (Å²) < 4.78 is 5.18. The summed E-state index contributed by atoms with van der Waals surface area (Å²) in [6, 6.07) is 19.2. The fourth-order valence-electron chi connectivity index (χ4n) is 2.65. The summed E-state index contributed by atoms with van der Waals surface area (Å²) in [7, 11) is 3.44. The highest BCUT2D eigenvalue weighted by Gasteiger charge is 2.20. The first-order chi connectivity index (χ1) is 11.6. The van der Waals surface area contributed by atoms with Crippen LogP contribution in [0.4, 0.5) is 0 Å². The Morgan fingerprint density at radius 2 is 1.75 bits per heavy atom. The summed E-state index contributed by atoms with van der Waals surface area (Å²) in [6.45, 7) is 2.00. The van der Waals surface area contributed by atoms with Crippen molar-refractivity contribution in [1.29, 1.82) is 0 Å². The number of benzene rings is 2. The molecule has 3 rings (SSSR count). The Morgan fingerprint density at radius 3 is 2.46 bits per heavy atom. The molecule has 0 aliphatic rings. The number of hydrogen-bond acceptors (Lipinski definition) is 3. The SMILES string of the molecule is COc1ccc(C(C)N(C)C(=O)c2ccc3ccccc3n2)cc1. The monoisotopic (exact) mass is 320 g/mol. The van der Waals surface area contributed by atoms with Crippen LogP contribution >= 0.6 is 0 Å². The van der Waals surface area contributed by atoms with Crippen molar-refractivity contribution in [2.75, 3.05) is 14.2 Å². The molecule has 122 valence electrons. The van der Waals surface area contributed by atoms with E-state index in [9.17, 15) is 4.79 Å². The maximum Gasteiger partial charge on any atom is 0.272 e. The number of methoxy groups -OCH3 is 1. The number of hydrogen-bond donors (Lipinski definition) is 0. The highest BCUT2D eigenvalue weighted by atomic mass is 16.5. The van der Waals surface area contributed by atoms with Gasteiger partial charge >= 0.3 is 0 Å². The Bertz CT molecular complexity index is 859. The number of carbonyl (C=O) groups is 1. The molecule has 1 atom stereocenters. The van der Waals surface area contributed by atoms with Crippen LogP contribution < -0.4 is 4.74 Å². The number of pyridine rings is 1. The number of amides is 1. The number of carbonyl (C=O) groups excluding carboxylic acids is 1. The normalized spacial score (nSPS) is 12.0. The number of para-hydroxylation sites is 1. The van der Waals surface area contributed by atoms with Crippen molar-refractivity contribution < 1.29 is 9.53 Å². The van der Waals surface area contributed by atoms with Crippen LogP contribution in [0.5, 0.6) is 5.75 Å². The van der Waals surface area contributed by atoms with Gasteiger partial charge in [-0.15, -0.1) is 0 Å². The maximum absolute atomic E-state index is 12.8. The Balaban J connectivity index is 1.83. The lowest BCUT2D eigenvalue weighted by Crippen LogP contribution is -2.30. The summed E-state index contributed by atoms with van der Waals surface area (Å²) in [5.41, 5.74) is 2.33. The van der Waals surface area contributed by atoms with Crippen LogP contribution in [0.1, 0.15) is 29.0 Å². The standard InChI is InChI=1S/C20H20N2O2/c1-14(15-8-11-17(24-3)12-9-15)22(2)20(23)19-13-10-16-6-4-5-7-18(16)21-19/h4-14H,1-3H3. The summed E-state index contributed by atoms with van der Waals surface area (Å²) in [5, 5.41) is 1.03. The van der Waals surface area contributed by atoms with E-state index in [1.54, 1.807) is 25.1 Å². The molecule has 1 amide bonds. The quantitative estimate of drug-likeness (QED) is 0.727. The van der Waals surface area contributed by atoms with Gasteiger partial charge in [0.1, 0.15) is 11.4 Å². The van der Waals surface area contributed by atoms with Crippen molar-refractivity contribution in [3.8, 4) is 5.75 Å². The molecule has 1 unspecified atom stereocenters. The number of ether oxygens (including phenoxy) is 1. The summed E-state index contributed by atoms with van der Waals surface area (Å²) >= 11 is 0. The smallest absolute Gasteiger partial charge is 0.272 e. The third kappa shape index (κ3) is 3.08. The van der Waals surface area contributed by atoms with Gasteiger partial charge in [0, 0.05) is 12.4 Å². The van der Waals surface area contributed by atoms with E-state index < -0.39 is 0 Å². The fourth-order valence-corrected chi connectivity index (χ4v) is 2.65. The molecule has 0 N–H and O–H groups in total. The van der Waals surface area contributed by atoms with Crippen LogP contribution in [0.15, 0.2) is 60.7 Å². The zero-order valence-electron chi connectivity index (χ0n) is 14.1. The van der Waals surface area contributed by atoms with Crippen LogP contribution in [0.3, 0.4) is 0 Å². The van der Waals surface area contributed by atoms with Crippen LogP contribution in [0.25, 0.3) is 10.9 Å². The summed E-state index contributed by atoms with van der Waals surface area (Å²) in [5.74, 6) is 0.709. The molecule has 0 fully saturated rings. The summed E-state index contributed by atoms with van der Waals surface area (Å²) in [6.07, 6.45) is 0. The molecule has 0 saturated carbocycles. The highest BCUT2D eigenvalue weighted by Crippen LogP contribution is 2.23. The van der Waals surface area contributed by atoms with E-state index in [-0.39, 0.29) is 11.9 Å². The topological polar surface area (TPSA) is 42.4 Å². The third-order valence-corrected chi connectivity index (χ3v) is 4.32. The minimum atomic E-state index is -0.0935. The lowest BCUT2D eigenvalue weighted by molar-refractivity contribution is 0.0737. The molecule has 0 aliphatic heterocycles. The first kappa shape index (κ1) is 16.0. The van der Waals surface area contributed by atoms with Gasteiger partial charge in [-0.3, -0.25) is 4.79 Å². The van der Waals surface area contributed by atoms with Gasteiger partial charge in [0.05, 0.1) is 18.7 Å². The molecule has 24 heavy (non-hydrogen) atoms. The second-order valence-electron chi connectivity index (χ2n) is 5.75. The van der Waals surface area contributed by atoms with Crippen LogP contribution in [0, 0.1) is 0 Å². The van der Waals surface area contributed by atoms with E-state index in [0.717, 1.165) is 22.2 Å². The van der Waals surface area contributed by atoms with Crippen molar-refractivity contribution in [3.63, 3.8) is 0 Å². The second kappa shape index (κ2) is 6.71. The fraction of sp³-hybridized carbons (Fsp3) is 0.200. The Morgan fingerprint density at radius 1 is 1.04 bits per heavy atom. The van der Waals surface area contributed by atoms with E-state index >= 15 is 0 Å². The predicted molar refractivity (Wildman–Crippen MR) is 95.2 cm³/mol. The number of fused-ring (bicyclic) bond motifs is 1. The van der Waals surface area contributed by atoms with Crippen molar-refractivity contribution in [3.05, 3.63) is 71.9 Å². The van der Waals surface area contributed by atoms with Crippen LogP contribution in [-0.4, -0.2) is 29.9 Å². The highest BCUT2D eigenvalue weighted by molar-refractivity contribution is 5.95. The van der Waals surface area contributed by atoms with Crippen molar-refractivity contribution in [2.24, 2.45) is 0 Å². The van der Waals surface area contributed by atoms with Gasteiger partial charge in [-0.25, -0.2) is 4.98 Å². The molecule has 1 heterocycles. The first-order valence-corrected chi connectivity index (χ1v) is 7.87. The molecular formula is C20H20N2O2. The third-order valence-electron chi connectivity index (χ3n) is 4.32. The maximum atomic E-state index is 12.8. The zero-order chi connectivity index (χ0) is 17.1. The molecule has 4 nitrogen and oxygen atoms in total. The average Bonchev–Trinajstić information content (AvgIpc) is 2.66. The Hall–Kier alpha value is -2.88. The Kier molecular flexibility index (Phi) is 4.47. The van der Waals surface area contributed by atoms with E-state index in [0.29, 0.717) is 5.69 Å². The van der Waals surface area contributed by atoms with Crippen LogP contribution in [-0.2, 0) is 0 Å².